The Kier molecular flexibility index (Phi) is 4.04. The number of carbonyl (C=O) groups is 1. The molecule has 0 aromatic heterocycles. The molecule has 0 bridgehead atoms. The highest BCUT2D eigenvalue weighted by atomic mass is 19.4. The molecular weight excluding hydrogens is 299 g/mol. The summed E-state index contributed by atoms with van der Waals surface area (Å²) in [5.41, 5.74) is 0.187. The monoisotopic (exact) mass is 310 g/mol. The van der Waals surface area contributed by atoms with Crippen LogP contribution in [0, 0.1) is 0 Å². The van der Waals surface area contributed by atoms with Gasteiger partial charge in [-0.15, -0.1) is 13.2 Å². The van der Waals surface area contributed by atoms with Crippen LogP contribution in [0.2, 0.25) is 0 Å². The lowest BCUT2D eigenvalue weighted by Crippen LogP contribution is -2.35. The second kappa shape index (κ2) is 5.47. The molecule has 1 aliphatic rings. The molecule has 1 aromatic rings. The minimum absolute atomic E-state index is 0.187. The lowest BCUT2D eigenvalue weighted by Gasteiger charge is -2.12. The molecule has 1 aliphatic heterocycles. The maximum atomic E-state index is 12.9. The van der Waals surface area contributed by atoms with Gasteiger partial charge >= 0.3 is 6.36 Å². The van der Waals surface area contributed by atoms with Crippen LogP contribution < -0.4 is 15.4 Å². The highest BCUT2D eigenvalue weighted by Crippen LogP contribution is 2.27. The van der Waals surface area contributed by atoms with Crippen molar-refractivity contribution >= 4 is 11.6 Å². The third-order valence-corrected chi connectivity index (χ3v) is 2.78. The summed E-state index contributed by atoms with van der Waals surface area (Å²) in [6, 6.07) is 3.36. The minimum Gasteiger partial charge on any atom is -0.406 e. The van der Waals surface area contributed by atoms with Crippen LogP contribution in [-0.2, 0) is 4.79 Å². The van der Waals surface area contributed by atoms with Crippen LogP contribution in [0.15, 0.2) is 24.3 Å². The van der Waals surface area contributed by atoms with E-state index in [9.17, 15) is 26.7 Å². The van der Waals surface area contributed by atoms with Gasteiger partial charge in [0.1, 0.15) is 5.75 Å². The van der Waals surface area contributed by atoms with Crippen molar-refractivity contribution in [2.45, 2.75) is 24.7 Å². The van der Waals surface area contributed by atoms with Crippen LogP contribution in [0.4, 0.5) is 27.6 Å². The molecule has 1 unspecified atom stereocenters. The zero-order chi connectivity index (χ0) is 15.7. The molecule has 4 nitrogen and oxygen atoms in total. The first-order chi connectivity index (χ1) is 9.65. The molecule has 0 spiro atoms. The van der Waals surface area contributed by atoms with Crippen LogP contribution in [-0.4, -0.2) is 30.8 Å². The van der Waals surface area contributed by atoms with Gasteiger partial charge in [0.25, 0.3) is 5.92 Å². The van der Waals surface area contributed by atoms with E-state index in [2.05, 4.69) is 15.4 Å². The highest BCUT2D eigenvalue weighted by Gasteiger charge is 2.42. The van der Waals surface area contributed by atoms with E-state index in [1.54, 1.807) is 0 Å². The molecule has 0 radical (unpaired) electrons. The van der Waals surface area contributed by atoms with Crippen molar-refractivity contribution in [1.29, 1.82) is 0 Å². The summed E-state index contributed by atoms with van der Waals surface area (Å²) in [6.45, 7) is -0.580. The summed E-state index contributed by atoms with van der Waals surface area (Å²) >= 11 is 0. The number of amides is 1. The van der Waals surface area contributed by atoms with E-state index in [1.807, 2.05) is 0 Å². The van der Waals surface area contributed by atoms with E-state index < -0.39 is 42.9 Å². The molecule has 1 heterocycles. The van der Waals surface area contributed by atoms with Gasteiger partial charge in [-0.3, -0.25) is 10.1 Å². The zero-order valence-corrected chi connectivity index (χ0v) is 10.5. The summed E-state index contributed by atoms with van der Waals surface area (Å²) in [5.74, 6) is -4.05. The third-order valence-electron chi connectivity index (χ3n) is 2.78. The number of alkyl halides is 5. The molecule has 9 heteroatoms. The lowest BCUT2D eigenvalue weighted by molar-refractivity contribution is -0.274. The average molecular weight is 310 g/mol. The van der Waals surface area contributed by atoms with Crippen LogP contribution in [0.3, 0.4) is 0 Å². The Bertz CT molecular complexity index is 515. The predicted octanol–water partition coefficient (Wildman–Crippen LogP) is 2.52. The summed E-state index contributed by atoms with van der Waals surface area (Å²) in [7, 11) is 0. The van der Waals surface area contributed by atoms with Crippen LogP contribution in [0.5, 0.6) is 5.75 Å². The van der Waals surface area contributed by atoms with Gasteiger partial charge in [-0.2, -0.15) is 0 Å². The van der Waals surface area contributed by atoms with Gasteiger partial charge in [-0.25, -0.2) is 8.78 Å². The van der Waals surface area contributed by atoms with Gasteiger partial charge in [0, 0.05) is 12.1 Å². The Morgan fingerprint density at radius 2 is 1.90 bits per heavy atom. The average Bonchev–Trinajstić information content (AvgIpc) is 2.70. The summed E-state index contributed by atoms with van der Waals surface area (Å²) in [6.07, 6.45) is -5.42. The van der Waals surface area contributed by atoms with Gasteiger partial charge in [-0.1, -0.05) is 0 Å². The smallest absolute Gasteiger partial charge is 0.406 e. The number of ether oxygens (including phenoxy) is 1. The number of carbonyl (C=O) groups excluding carboxylic acids is 1. The van der Waals surface area contributed by atoms with Gasteiger partial charge in [-0.05, 0) is 24.3 Å². The second-order valence-electron chi connectivity index (χ2n) is 4.55. The number of benzene rings is 1. The van der Waals surface area contributed by atoms with Crippen LogP contribution in [0.25, 0.3) is 0 Å². The fraction of sp³-hybridized carbons (Fsp3) is 0.417. The molecule has 1 aromatic carbocycles. The lowest BCUT2D eigenvalue weighted by atomic mass is 10.2. The van der Waals surface area contributed by atoms with E-state index in [1.165, 1.54) is 12.1 Å². The summed E-state index contributed by atoms with van der Waals surface area (Å²) < 4.78 is 65.4. The number of rotatable bonds is 3. The van der Waals surface area contributed by atoms with E-state index in [4.69, 9.17) is 0 Å². The molecule has 1 amide bonds. The third kappa shape index (κ3) is 4.55. The number of anilines is 1. The van der Waals surface area contributed by atoms with Crippen molar-refractivity contribution in [3.63, 3.8) is 0 Å². The first-order valence-electron chi connectivity index (χ1n) is 5.92. The van der Waals surface area contributed by atoms with E-state index in [-0.39, 0.29) is 5.69 Å². The van der Waals surface area contributed by atoms with E-state index in [0.717, 1.165) is 12.1 Å². The zero-order valence-electron chi connectivity index (χ0n) is 10.5. The van der Waals surface area contributed by atoms with Crippen LogP contribution >= 0.6 is 0 Å². The van der Waals surface area contributed by atoms with Gasteiger partial charge in [0.05, 0.1) is 12.6 Å². The normalized spacial score (nSPS) is 21.1. The van der Waals surface area contributed by atoms with E-state index >= 15 is 0 Å². The van der Waals surface area contributed by atoms with Gasteiger partial charge < -0.3 is 10.1 Å². The topological polar surface area (TPSA) is 50.4 Å². The molecule has 1 saturated heterocycles. The Hall–Kier alpha value is -1.90. The standard InChI is InChI=1S/C12H11F5N2O2/c13-11(14)5-9(18-6-11)10(20)19-7-1-3-8(4-2-7)21-12(15,16)17/h1-4,9,18H,5-6H2,(H,19,20). The molecule has 1 fully saturated rings. The molecule has 2 N–H and O–H groups in total. The van der Waals surface area contributed by atoms with E-state index in [0.29, 0.717) is 0 Å². The molecule has 0 saturated carbocycles. The van der Waals surface area contributed by atoms with Crippen molar-refractivity contribution in [2.75, 3.05) is 11.9 Å². The van der Waals surface area contributed by atoms with Crippen molar-refractivity contribution in [2.24, 2.45) is 0 Å². The van der Waals surface area contributed by atoms with Crippen molar-refractivity contribution < 1.29 is 31.5 Å². The SMILES string of the molecule is O=C(Nc1ccc(OC(F)(F)F)cc1)C1CC(F)(F)CN1. The maximum absolute atomic E-state index is 12.9. The second-order valence-corrected chi connectivity index (χ2v) is 4.55. The molecule has 2 rings (SSSR count). The molecule has 21 heavy (non-hydrogen) atoms. The largest absolute Gasteiger partial charge is 0.573 e. The highest BCUT2D eigenvalue weighted by molar-refractivity contribution is 5.95. The first-order valence-corrected chi connectivity index (χ1v) is 5.92. The van der Waals surface area contributed by atoms with Gasteiger partial charge in [0.2, 0.25) is 5.91 Å². The molecule has 1 atom stereocenters. The summed E-state index contributed by atoms with van der Waals surface area (Å²) in [4.78, 5) is 11.7. The Balaban J connectivity index is 1.93. The van der Waals surface area contributed by atoms with Crippen LogP contribution in [0.1, 0.15) is 6.42 Å². The molecule has 116 valence electrons. The minimum atomic E-state index is -4.80. The molecule has 0 aliphatic carbocycles. The quantitative estimate of drug-likeness (QED) is 0.844. The van der Waals surface area contributed by atoms with Crippen molar-refractivity contribution in [1.82, 2.24) is 5.32 Å². The van der Waals surface area contributed by atoms with Crippen molar-refractivity contribution in [3.05, 3.63) is 24.3 Å². The maximum Gasteiger partial charge on any atom is 0.573 e. The number of hydrogen-bond donors (Lipinski definition) is 2. The number of nitrogens with one attached hydrogen (secondary N) is 2. The Morgan fingerprint density at radius 3 is 2.38 bits per heavy atom. The molecular formula is C12H11F5N2O2. The Labute approximate surface area is 116 Å². The first kappa shape index (κ1) is 15.5. The number of hydrogen-bond acceptors (Lipinski definition) is 3. The Morgan fingerprint density at radius 1 is 1.29 bits per heavy atom. The fourth-order valence-corrected chi connectivity index (χ4v) is 1.87. The predicted molar refractivity (Wildman–Crippen MR) is 63.1 cm³/mol. The van der Waals surface area contributed by atoms with Gasteiger partial charge in [0.15, 0.2) is 0 Å². The summed E-state index contributed by atoms with van der Waals surface area (Å²) in [5, 5.41) is 4.71. The fourth-order valence-electron chi connectivity index (χ4n) is 1.87. The number of halogens is 5. The van der Waals surface area contributed by atoms with Crippen molar-refractivity contribution in [3.8, 4) is 5.75 Å².